The molecule has 2 rings (SSSR count). The van der Waals surface area contributed by atoms with Crippen LogP contribution in [0.4, 0.5) is 10.2 Å². The Morgan fingerprint density at radius 2 is 2.05 bits per heavy atom. The number of nitrogens with zero attached hydrogens (tertiary/aromatic N) is 2. The number of anilines is 1. The average molecular weight is 310 g/mol. The second-order valence-electron chi connectivity index (χ2n) is 5.14. The number of aromatic nitrogens is 2. The van der Waals surface area contributed by atoms with E-state index in [1.807, 2.05) is 4.57 Å². The van der Waals surface area contributed by atoms with Gasteiger partial charge in [0.1, 0.15) is 23.2 Å². The van der Waals surface area contributed by atoms with Gasteiger partial charge in [-0.3, -0.25) is 0 Å². The van der Waals surface area contributed by atoms with Crippen LogP contribution in [-0.2, 0) is 13.0 Å². The molecule has 2 N–H and O–H groups in total. The van der Waals surface area contributed by atoms with Crippen molar-refractivity contribution in [3.05, 3.63) is 34.9 Å². The van der Waals surface area contributed by atoms with E-state index in [-0.39, 0.29) is 0 Å². The molecule has 5 heteroatoms. The number of hydrogen-bond acceptors (Lipinski definition) is 2. The van der Waals surface area contributed by atoms with Gasteiger partial charge in [0, 0.05) is 23.6 Å². The summed E-state index contributed by atoms with van der Waals surface area (Å²) in [5.74, 6) is 1.07. The third-order valence-corrected chi connectivity index (χ3v) is 3.72. The molecule has 1 aromatic carbocycles. The molecule has 21 heavy (non-hydrogen) atoms. The van der Waals surface area contributed by atoms with Gasteiger partial charge in [0.2, 0.25) is 0 Å². The minimum atomic E-state index is -0.391. The van der Waals surface area contributed by atoms with Crippen molar-refractivity contribution in [1.29, 1.82) is 0 Å². The molecule has 0 amide bonds. The van der Waals surface area contributed by atoms with Crippen LogP contribution in [0, 0.1) is 5.82 Å². The highest BCUT2D eigenvalue weighted by Gasteiger charge is 2.18. The van der Waals surface area contributed by atoms with E-state index in [2.05, 4.69) is 18.8 Å². The van der Waals surface area contributed by atoms with Crippen LogP contribution in [0.3, 0.4) is 0 Å². The lowest BCUT2D eigenvalue weighted by molar-refractivity contribution is 0.604. The SMILES string of the molecule is CCCCn1c(CCC)nc(-c2ccc(Cl)cc2F)c1N. The number of hydrogen-bond donors (Lipinski definition) is 1. The highest BCUT2D eigenvalue weighted by molar-refractivity contribution is 6.30. The topological polar surface area (TPSA) is 43.8 Å². The van der Waals surface area contributed by atoms with Crippen LogP contribution in [0.15, 0.2) is 18.2 Å². The maximum Gasteiger partial charge on any atom is 0.134 e. The fourth-order valence-corrected chi connectivity index (χ4v) is 2.53. The van der Waals surface area contributed by atoms with Crippen molar-refractivity contribution in [3.63, 3.8) is 0 Å². The van der Waals surface area contributed by atoms with E-state index in [0.717, 1.165) is 38.1 Å². The summed E-state index contributed by atoms with van der Waals surface area (Å²) in [5, 5.41) is 0.369. The first kappa shape index (κ1) is 15.8. The molecule has 0 saturated heterocycles. The average Bonchev–Trinajstić information content (AvgIpc) is 2.74. The Morgan fingerprint density at radius 1 is 1.29 bits per heavy atom. The minimum Gasteiger partial charge on any atom is -0.383 e. The van der Waals surface area contributed by atoms with E-state index < -0.39 is 5.82 Å². The number of benzene rings is 1. The molecule has 0 aliphatic rings. The smallest absolute Gasteiger partial charge is 0.134 e. The Balaban J connectivity index is 2.48. The maximum absolute atomic E-state index is 14.1. The molecular formula is C16H21ClFN3. The zero-order valence-corrected chi connectivity index (χ0v) is 13.3. The fourth-order valence-electron chi connectivity index (χ4n) is 2.37. The third-order valence-electron chi connectivity index (χ3n) is 3.48. The number of nitrogen functional groups attached to an aromatic ring is 1. The molecule has 0 spiro atoms. The van der Waals surface area contributed by atoms with Gasteiger partial charge in [0.05, 0.1) is 0 Å². The molecule has 0 bridgehead atoms. The summed E-state index contributed by atoms with van der Waals surface area (Å²) in [5.41, 5.74) is 7.14. The highest BCUT2D eigenvalue weighted by atomic mass is 35.5. The number of rotatable bonds is 6. The standard InChI is InChI=1S/C16H21ClFN3/c1-3-5-9-21-14(6-4-2)20-15(16(21)19)12-8-7-11(17)10-13(12)18/h7-8,10H,3-6,9,19H2,1-2H3. The van der Waals surface area contributed by atoms with Gasteiger partial charge in [0.25, 0.3) is 0 Å². The zero-order valence-electron chi connectivity index (χ0n) is 12.5. The monoisotopic (exact) mass is 309 g/mol. The molecule has 0 radical (unpaired) electrons. The van der Waals surface area contributed by atoms with Crippen LogP contribution in [0.1, 0.15) is 38.9 Å². The molecular weight excluding hydrogens is 289 g/mol. The summed E-state index contributed by atoms with van der Waals surface area (Å²) in [4.78, 5) is 4.57. The fraction of sp³-hybridized carbons (Fsp3) is 0.438. The quantitative estimate of drug-likeness (QED) is 0.842. The van der Waals surface area contributed by atoms with Crippen molar-refractivity contribution in [1.82, 2.24) is 9.55 Å². The second-order valence-corrected chi connectivity index (χ2v) is 5.58. The number of aryl methyl sites for hydroxylation is 1. The second kappa shape index (κ2) is 6.94. The number of unbranched alkanes of at least 4 members (excludes halogenated alkanes) is 1. The summed E-state index contributed by atoms with van der Waals surface area (Å²) in [6.45, 7) is 5.05. The summed E-state index contributed by atoms with van der Waals surface area (Å²) in [6, 6.07) is 4.58. The van der Waals surface area contributed by atoms with E-state index >= 15 is 0 Å². The van der Waals surface area contributed by atoms with Gasteiger partial charge in [-0.2, -0.15) is 0 Å². The first-order valence-corrected chi connectivity index (χ1v) is 7.76. The van der Waals surface area contributed by atoms with Gasteiger partial charge in [-0.05, 0) is 31.0 Å². The molecule has 1 heterocycles. The molecule has 0 atom stereocenters. The van der Waals surface area contributed by atoms with E-state index in [9.17, 15) is 4.39 Å². The molecule has 0 unspecified atom stereocenters. The first-order chi connectivity index (χ1) is 10.1. The summed E-state index contributed by atoms with van der Waals surface area (Å²) in [6.07, 6.45) is 3.92. The molecule has 0 aliphatic heterocycles. The van der Waals surface area contributed by atoms with Crippen molar-refractivity contribution in [2.45, 2.75) is 46.1 Å². The third kappa shape index (κ3) is 3.38. The molecule has 0 saturated carbocycles. The van der Waals surface area contributed by atoms with Gasteiger partial charge in [-0.25, -0.2) is 9.37 Å². The first-order valence-electron chi connectivity index (χ1n) is 7.38. The van der Waals surface area contributed by atoms with Crippen LogP contribution in [0.25, 0.3) is 11.3 Å². The van der Waals surface area contributed by atoms with Crippen molar-refractivity contribution >= 4 is 17.4 Å². The minimum absolute atomic E-state index is 0.369. The number of imidazole rings is 1. The van der Waals surface area contributed by atoms with E-state index in [4.69, 9.17) is 17.3 Å². The van der Waals surface area contributed by atoms with Gasteiger partial charge >= 0.3 is 0 Å². The molecule has 0 aliphatic carbocycles. The van der Waals surface area contributed by atoms with Gasteiger partial charge < -0.3 is 10.3 Å². The molecule has 3 nitrogen and oxygen atoms in total. The van der Waals surface area contributed by atoms with Crippen molar-refractivity contribution < 1.29 is 4.39 Å². The Labute approximate surface area is 129 Å². The van der Waals surface area contributed by atoms with E-state index in [1.165, 1.54) is 6.07 Å². The van der Waals surface area contributed by atoms with Crippen molar-refractivity contribution in [3.8, 4) is 11.3 Å². The Kier molecular flexibility index (Phi) is 5.23. The van der Waals surface area contributed by atoms with Gasteiger partial charge in [-0.1, -0.05) is 31.9 Å². The molecule has 114 valence electrons. The zero-order chi connectivity index (χ0) is 15.4. The number of halogens is 2. The van der Waals surface area contributed by atoms with Crippen LogP contribution in [0.2, 0.25) is 5.02 Å². The van der Waals surface area contributed by atoms with Crippen molar-refractivity contribution in [2.24, 2.45) is 0 Å². The van der Waals surface area contributed by atoms with Crippen LogP contribution < -0.4 is 5.73 Å². The van der Waals surface area contributed by atoms with Crippen LogP contribution >= 0.6 is 11.6 Å². The summed E-state index contributed by atoms with van der Waals surface area (Å²) in [7, 11) is 0. The Bertz CT molecular complexity index is 622. The van der Waals surface area contributed by atoms with E-state index in [1.54, 1.807) is 12.1 Å². The van der Waals surface area contributed by atoms with E-state index in [0.29, 0.717) is 22.1 Å². The van der Waals surface area contributed by atoms with Gasteiger partial charge in [-0.15, -0.1) is 0 Å². The Morgan fingerprint density at radius 3 is 2.67 bits per heavy atom. The predicted molar refractivity (Wildman–Crippen MR) is 85.9 cm³/mol. The molecule has 1 aromatic heterocycles. The number of nitrogens with two attached hydrogens (primary N) is 1. The predicted octanol–water partition coefficient (Wildman–Crippen LogP) is 4.68. The highest BCUT2D eigenvalue weighted by Crippen LogP contribution is 2.30. The van der Waals surface area contributed by atoms with Gasteiger partial charge in [0.15, 0.2) is 0 Å². The molecule has 2 aromatic rings. The maximum atomic E-state index is 14.1. The normalized spacial score (nSPS) is 11.0. The lowest BCUT2D eigenvalue weighted by Crippen LogP contribution is -2.07. The molecule has 0 fully saturated rings. The summed E-state index contributed by atoms with van der Waals surface area (Å²) >= 11 is 5.80. The van der Waals surface area contributed by atoms with Crippen LogP contribution in [0.5, 0.6) is 0 Å². The lowest BCUT2D eigenvalue weighted by atomic mass is 10.1. The van der Waals surface area contributed by atoms with Crippen molar-refractivity contribution in [2.75, 3.05) is 5.73 Å². The Hall–Kier alpha value is -1.55. The summed E-state index contributed by atoms with van der Waals surface area (Å²) < 4.78 is 16.1. The largest absolute Gasteiger partial charge is 0.383 e. The lowest BCUT2D eigenvalue weighted by Gasteiger charge is -2.08. The van der Waals surface area contributed by atoms with Crippen LogP contribution in [-0.4, -0.2) is 9.55 Å².